The molecule has 0 fully saturated rings. The third kappa shape index (κ3) is 4.24. The number of hydrogen-bond acceptors (Lipinski definition) is 2. The van der Waals surface area contributed by atoms with Crippen LogP contribution in [0, 0.1) is 0 Å². The number of aryl methyl sites for hydroxylation is 1. The van der Waals surface area contributed by atoms with Crippen molar-refractivity contribution in [1.29, 1.82) is 0 Å². The summed E-state index contributed by atoms with van der Waals surface area (Å²) >= 11 is 6.27. The molecule has 4 nitrogen and oxygen atoms in total. The Labute approximate surface area is 181 Å². The van der Waals surface area contributed by atoms with Gasteiger partial charge in [-0.25, -0.2) is 0 Å². The molecule has 30 heavy (non-hydrogen) atoms. The molecule has 2 aromatic carbocycles. The fourth-order valence-corrected chi connectivity index (χ4v) is 4.04. The Hall–Kier alpha value is -3.11. The molecular weight excluding hydrogens is 394 g/mol. The first kappa shape index (κ1) is 20.2. The van der Waals surface area contributed by atoms with E-state index >= 15 is 0 Å². The Balaban J connectivity index is 1.56. The van der Waals surface area contributed by atoms with Crippen LogP contribution in [0.25, 0.3) is 22.3 Å². The predicted molar refractivity (Wildman–Crippen MR) is 124 cm³/mol. The number of anilines is 1. The second kappa shape index (κ2) is 9.14. The van der Waals surface area contributed by atoms with Gasteiger partial charge in [0, 0.05) is 40.8 Å². The highest BCUT2D eigenvalue weighted by Crippen LogP contribution is 2.32. The van der Waals surface area contributed by atoms with Crippen molar-refractivity contribution in [2.45, 2.75) is 26.2 Å². The molecule has 2 aromatic heterocycles. The molecule has 0 saturated heterocycles. The van der Waals surface area contributed by atoms with Gasteiger partial charge in [0.1, 0.15) is 0 Å². The molecule has 0 aliphatic heterocycles. The highest BCUT2D eigenvalue weighted by Gasteiger charge is 2.17. The number of rotatable bonds is 7. The van der Waals surface area contributed by atoms with Crippen molar-refractivity contribution in [3.8, 4) is 11.4 Å². The van der Waals surface area contributed by atoms with Crippen LogP contribution in [0.5, 0.6) is 0 Å². The molecule has 0 atom stereocenters. The first-order valence-electron chi connectivity index (χ1n) is 10.2. The van der Waals surface area contributed by atoms with Crippen molar-refractivity contribution in [2.75, 3.05) is 11.4 Å². The van der Waals surface area contributed by atoms with Gasteiger partial charge in [0.15, 0.2) is 0 Å². The van der Waals surface area contributed by atoms with Gasteiger partial charge < -0.3 is 9.88 Å². The van der Waals surface area contributed by atoms with Crippen molar-refractivity contribution in [2.24, 2.45) is 0 Å². The minimum Gasteiger partial charge on any atom is -0.353 e. The van der Waals surface area contributed by atoms with E-state index in [1.54, 1.807) is 6.20 Å². The van der Waals surface area contributed by atoms with Crippen LogP contribution in [0.3, 0.4) is 0 Å². The average Bonchev–Trinajstić information content (AvgIpc) is 3.13. The Morgan fingerprint density at radius 2 is 1.87 bits per heavy atom. The molecule has 4 aromatic rings. The first-order chi connectivity index (χ1) is 14.7. The van der Waals surface area contributed by atoms with Gasteiger partial charge in [-0.05, 0) is 67.8 Å². The number of pyridine rings is 1. The van der Waals surface area contributed by atoms with Gasteiger partial charge in [-0.3, -0.25) is 9.78 Å². The number of hydrogen-bond donors (Lipinski definition) is 1. The summed E-state index contributed by atoms with van der Waals surface area (Å²) in [5.74, 6) is 0.140. The predicted octanol–water partition coefficient (Wildman–Crippen LogP) is 6.26. The van der Waals surface area contributed by atoms with Crippen molar-refractivity contribution in [3.05, 3.63) is 83.5 Å². The van der Waals surface area contributed by atoms with E-state index < -0.39 is 0 Å². The number of aromatic nitrogens is 2. The molecule has 2 heterocycles. The van der Waals surface area contributed by atoms with Gasteiger partial charge in [-0.1, -0.05) is 35.9 Å². The number of benzene rings is 2. The van der Waals surface area contributed by atoms with Gasteiger partial charge in [0.2, 0.25) is 5.91 Å². The van der Waals surface area contributed by atoms with E-state index in [1.807, 2.05) is 78.6 Å². The summed E-state index contributed by atoms with van der Waals surface area (Å²) in [5, 5.41) is 1.79. The van der Waals surface area contributed by atoms with E-state index in [-0.39, 0.29) is 5.91 Å². The zero-order chi connectivity index (χ0) is 20.9. The maximum Gasteiger partial charge on any atom is 0.226 e. The topological polar surface area (TPSA) is 49.0 Å². The molecule has 1 N–H and O–H groups in total. The number of fused-ring (bicyclic) bond motifs is 1. The molecule has 0 unspecified atom stereocenters. The van der Waals surface area contributed by atoms with Crippen molar-refractivity contribution >= 4 is 34.1 Å². The van der Waals surface area contributed by atoms with Crippen molar-refractivity contribution in [3.63, 3.8) is 0 Å². The normalized spacial score (nSPS) is 11.0. The molecule has 0 aliphatic rings. The molecule has 152 valence electrons. The quantitative estimate of drug-likeness (QED) is 0.385. The maximum atomic E-state index is 12.9. The number of nitrogens with one attached hydrogen (secondary N) is 1. The first-order valence-corrected chi connectivity index (χ1v) is 10.6. The van der Waals surface area contributed by atoms with Crippen LogP contribution in [0.4, 0.5) is 5.69 Å². The molecule has 0 spiro atoms. The monoisotopic (exact) mass is 417 g/mol. The van der Waals surface area contributed by atoms with Crippen LogP contribution in [0.1, 0.15) is 25.3 Å². The van der Waals surface area contributed by atoms with Crippen LogP contribution >= 0.6 is 11.6 Å². The summed E-state index contributed by atoms with van der Waals surface area (Å²) in [6, 6.07) is 21.6. The van der Waals surface area contributed by atoms with E-state index in [2.05, 4.69) is 9.97 Å². The summed E-state index contributed by atoms with van der Waals surface area (Å²) in [5.41, 5.74) is 5.02. The van der Waals surface area contributed by atoms with Crippen molar-refractivity contribution < 1.29 is 4.79 Å². The Morgan fingerprint density at radius 3 is 2.60 bits per heavy atom. The standard InChI is InChI=1S/C25H24ClN3O/c1-2-29(19-9-4-3-5-10-19)24(30)13-8-11-20-21-17-18(26)14-15-22(21)28-25(20)23-12-6-7-16-27-23/h3-7,9-10,12,14-17,28H,2,8,11,13H2,1H3. The summed E-state index contributed by atoms with van der Waals surface area (Å²) in [7, 11) is 0. The summed E-state index contributed by atoms with van der Waals surface area (Å²) in [6.45, 7) is 2.66. The lowest BCUT2D eigenvalue weighted by molar-refractivity contribution is -0.118. The number of carbonyl (C=O) groups is 1. The van der Waals surface area contributed by atoms with Gasteiger partial charge in [0.25, 0.3) is 0 Å². The second-order valence-corrected chi connectivity index (χ2v) is 7.65. The van der Waals surface area contributed by atoms with Crippen LogP contribution in [0.2, 0.25) is 5.02 Å². The van der Waals surface area contributed by atoms with E-state index in [1.165, 1.54) is 0 Å². The van der Waals surface area contributed by atoms with Crippen LogP contribution in [0.15, 0.2) is 72.9 Å². The van der Waals surface area contributed by atoms with Gasteiger partial charge in [-0.15, -0.1) is 0 Å². The molecular formula is C25H24ClN3O. The van der Waals surface area contributed by atoms with Crippen LogP contribution in [-0.4, -0.2) is 22.4 Å². The van der Waals surface area contributed by atoms with E-state index in [0.717, 1.165) is 46.4 Å². The zero-order valence-electron chi connectivity index (χ0n) is 16.9. The fraction of sp³-hybridized carbons (Fsp3) is 0.200. The largest absolute Gasteiger partial charge is 0.353 e. The maximum absolute atomic E-state index is 12.9. The Morgan fingerprint density at radius 1 is 1.07 bits per heavy atom. The molecule has 0 bridgehead atoms. The summed E-state index contributed by atoms with van der Waals surface area (Å²) < 4.78 is 0. The summed E-state index contributed by atoms with van der Waals surface area (Å²) in [4.78, 5) is 22.7. The zero-order valence-corrected chi connectivity index (χ0v) is 17.7. The molecule has 0 radical (unpaired) electrons. The van der Waals surface area contributed by atoms with Crippen LogP contribution in [-0.2, 0) is 11.2 Å². The number of halogens is 1. The molecule has 1 amide bonds. The average molecular weight is 418 g/mol. The smallest absolute Gasteiger partial charge is 0.226 e. The van der Waals surface area contributed by atoms with E-state index in [4.69, 9.17) is 11.6 Å². The lowest BCUT2D eigenvalue weighted by Crippen LogP contribution is -2.30. The van der Waals surface area contributed by atoms with E-state index in [0.29, 0.717) is 18.0 Å². The summed E-state index contributed by atoms with van der Waals surface area (Å²) in [6.07, 6.45) is 3.80. The molecule has 0 saturated carbocycles. The number of nitrogens with zero attached hydrogens (tertiary/aromatic N) is 2. The van der Waals surface area contributed by atoms with Crippen LogP contribution < -0.4 is 4.90 Å². The lowest BCUT2D eigenvalue weighted by atomic mass is 10.0. The van der Waals surface area contributed by atoms with Crippen molar-refractivity contribution in [1.82, 2.24) is 9.97 Å². The number of H-pyrrole nitrogens is 1. The Bertz CT molecular complexity index is 1140. The number of amides is 1. The number of para-hydroxylation sites is 1. The third-order valence-electron chi connectivity index (χ3n) is 5.29. The SMILES string of the molecule is CCN(C(=O)CCCc1c(-c2ccccn2)[nH]c2ccc(Cl)cc12)c1ccccc1. The number of carbonyl (C=O) groups excluding carboxylic acids is 1. The number of aromatic amines is 1. The lowest BCUT2D eigenvalue weighted by Gasteiger charge is -2.21. The minimum absolute atomic E-state index is 0.140. The van der Waals surface area contributed by atoms with Gasteiger partial charge >= 0.3 is 0 Å². The second-order valence-electron chi connectivity index (χ2n) is 7.21. The molecule has 0 aliphatic carbocycles. The van der Waals surface area contributed by atoms with E-state index in [9.17, 15) is 4.79 Å². The Kier molecular flexibility index (Phi) is 6.15. The minimum atomic E-state index is 0.140. The fourth-order valence-electron chi connectivity index (χ4n) is 3.87. The third-order valence-corrected chi connectivity index (χ3v) is 5.53. The highest BCUT2D eigenvalue weighted by atomic mass is 35.5. The molecule has 4 rings (SSSR count). The van der Waals surface area contributed by atoms with Gasteiger partial charge in [0.05, 0.1) is 11.4 Å². The highest BCUT2D eigenvalue weighted by molar-refractivity contribution is 6.31. The molecule has 5 heteroatoms. The van der Waals surface area contributed by atoms with Gasteiger partial charge in [-0.2, -0.15) is 0 Å².